The molecule has 2 rings (SSSR count). The van der Waals surface area contributed by atoms with Gasteiger partial charge in [-0.05, 0) is 33.6 Å². The molecule has 0 aromatic carbocycles. The van der Waals surface area contributed by atoms with E-state index in [4.69, 9.17) is 4.74 Å². The standard InChI is InChI=1S/C13H23NO3/c1-13(2,3)17-12(16)14-7-9-5-4-6-10(8-14)11(9)15/h9-11,15H,4-8H2,1-3H3/t9-,10+,11?. The van der Waals surface area contributed by atoms with Gasteiger partial charge in [-0.3, -0.25) is 0 Å². The maximum Gasteiger partial charge on any atom is 0.410 e. The molecule has 4 heteroatoms. The Morgan fingerprint density at radius 1 is 1.24 bits per heavy atom. The van der Waals surface area contributed by atoms with Crippen LogP contribution >= 0.6 is 0 Å². The first-order valence-corrected chi connectivity index (χ1v) is 6.53. The monoisotopic (exact) mass is 241 g/mol. The lowest BCUT2D eigenvalue weighted by molar-refractivity contribution is -0.0562. The zero-order valence-electron chi connectivity index (χ0n) is 11.0. The summed E-state index contributed by atoms with van der Waals surface area (Å²) in [7, 11) is 0. The van der Waals surface area contributed by atoms with Gasteiger partial charge in [-0.25, -0.2) is 4.79 Å². The van der Waals surface area contributed by atoms with E-state index in [-0.39, 0.29) is 24.0 Å². The molecule has 1 saturated heterocycles. The van der Waals surface area contributed by atoms with Crippen LogP contribution in [-0.4, -0.2) is 40.9 Å². The topological polar surface area (TPSA) is 49.8 Å². The highest BCUT2D eigenvalue weighted by Gasteiger charge is 2.40. The lowest BCUT2D eigenvalue weighted by Crippen LogP contribution is -2.54. The number of carbonyl (C=O) groups excluding carboxylic acids is 1. The van der Waals surface area contributed by atoms with Crippen molar-refractivity contribution in [2.75, 3.05) is 13.1 Å². The van der Waals surface area contributed by atoms with E-state index >= 15 is 0 Å². The number of aliphatic hydroxyl groups excluding tert-OH is 1. The van der Waals surface area contributed by atoms with Crippen LogP contribution in [-0.2, 0) is 4.74 Å². The highest BCUT2D eigenvalue weighted by molar-refractivity contribution is 5.68. The summed E-state index contributed by atoms with van der Waals surface area (Å²) in [6.07, 6.45) is 2.77. The molecule has 4 nitrogen and oxygen atoms in total. The molecule has 0 spiro atoms. The number of ether oxygens (including phenoxy) is 1. The highest BCUT2D eigenvalue weighted by atomic mass is 16.6. The van der Waals surface area contributed by atoms with E-state index in [1.807, 2.05) is 20.8 Å². The van der Waals surface area contributed by atoms with Crippen molar-refractivity contribution in [1.82, 2.24) is 4.90 Å². The quantitative estimate of drug-likeness (QED) is 0.706. The van der Waals surface area contributed by atoms with Gasteiger partial charge in [0, 0.05) is 24.9 Å². The maximum absolute atomic E-state index is 12.0. The molecule has 2 bridgehead atoms. The van der Waals surface area contributed by atoms with Crippen LogP contribution in [0.3, 0.4) is 0 Å². The van der Waals surface area contributed by atoms with Gasteiger partial charge in [-0.15, -0.1) is 0 Å². The summed E-state index contributed by atoms with van der Waals surface area (Å²) in [5.74, 6) is 0.491. The van der Waals surface area contributed by atoms with Crippen molar-refractivity contribution < 1.29 is 14.6 Å². The Kier molecular flexibility index (Phi) is 3.34. The minimum absolute atomic E-state index is 0.220. The molecule has 2 aliphatic rings. The molecule has 2 fully saturated rings. The van der Waals surface area contributed by atoms with Crippen molar-refractivity contribution in [3.05, 3.63) is 0 Å². The zero-order valence-corrected chi connectivity index (χ0v) is 11.0. The first-order valence-electron chi connectivity index (χ1n) is 6.53. The SMILES string of the molecule is CC(C)(C)OC(=O)N1C[C@H]2CCC[C@@H](C1)C2O. The van der Waals surface area contributed by atoms with E-state index in [0.29, 0.717) is 13.1 Å². The molecule has 1 unspecified atom stereocenters. The zero-order chi connectivity index (χ0) is 12.6. The fourth-order valence-corrected chi connectivity index (χ4v) is 2.88. The summed E-state index contributed by atoms with van der Waals surface area (Å²) in [6, 6.07) is 0. The fourth-order valence-electron chi connectivity index (χ4n) is 2.88. The molecule has 98 valence electrons. The molecule has 0 radical (unpaired) electrons. The first-order chi connectivity index (χ1) is 7.87. The van der Waals surface area contributed by atoms with Crippen LogP contribution in [0.4, 0.5) is 4.79 Å². The van der Waals surface area contributed by atoms with Crippen molar-refractivity contribution in [2.45, 2.75) is 51.7 Å². The second-order valence-corrected chi connectivity index (χ2v) is 6.33. The summed E-state index contributed by atoms with van der Waals surface area (Å²) in [5.41, 5.74) is -0.442. The Hall–Kier alpha value is -0.770. The molecule has 1 aliphatic carbocycles. The lowest BCUT2D eigenvalue weighted by atomic mass is 9.75. The summed E-state index contributed by atoms with van der Waals surface area (Å²) in [6.45, 7) is 6.93. The number of amides is 1. The van der Waals surface area contributed by atoms with Gasteiger partial charge in [0.15, 0.2) is 0 Å². The molecule has 3 atom stereocenters. The molecule has 1 heterocycles. The van der Waals surface area contributed by atoms with Crippen molar-refractivity contribution in [3.63, 3.8) is 0 Å². The number of carbonyl (C=O) groups is 1. The van der Waals surface area contributed by atoms with Crippen LogP contribution in [0.2, 0.25) is 0 Å². The molecule has 1 amide bonds. The predicted molar refractivity (Wildman–Crippen MR) is 64.6 cm³/mol. The number of hydrogen-bond acceptors (Lipinski definition) is 3. The van der Waals surface area contributed by atoms with Crippen LogP contribution in [0.15, 0.2) is 0 Å². The Morgan fingerprint density at radius 2 is 1.76 bits per heavy atom. The van der Waals surface area contributed by atoms with E-state index in [0.717, 1.165) is 12.8 Å². The number of aliphatic hydroxyl groups is 1. The second kappa shape index (κ2) is 4.48. The van der Waals surface area contributed by atoms with Gasteiger partial charge in [-0.2, -0.15) is 0 Å². The molecule has 1 saturated carbocycles. The molecule has 17 heavy (non-hydrogen) atoms. The van der Waals surface area contributed by atoms with Crippen LogP contribution in [0.1, 0.15) is 40.0 Å². The molecule has 1 N–H and O–H groups in total. The Labute approximate surface area is 103 Å². The number of piperidine rings is 1. The summed E-state index contributed by atoms with van der Waals surface area (Å²) >= 11 is 0. The van der Waals surface area contributed by atoms with Gasteiger partial charge >= 0.3 is 6.09 Å². The molecular formula is C13H23NO3. The maximum atomic E-state index is 12.0. The van der Waals surface area contributed by atoms with E-state index in [9.17, 15) is 9.90 Å². The van der Waals surface area contributed by atoms with Gasteiger partial charge in [0.2, 0.25) is 0 Å². The van der Waals surface area contributed by atoms with Crippen molar-refractivity contribution in [3.8, 4) is 0 Å². The normalized spacial score (nSPS) is 33.4. The molecule has 0 aromatic rings. The van der Waals surface area contributed by atoms with Crippen LogP contribution in [0.5, 0.6) is 0 Å². The van der Waals surface area contributed by atoms with E-state index in [2.05, 4.69) is 0 Å². The third-order valence-electron chi connectivity index (χ3n) is 3.68. The van der Waals surface area contributed by atoms with Crippen molar-refractivity contribution in [1.29, 1.82) is 0 Å². The fraction of sp³-hybridized carbons (Fsp3) is 0.923. The van der Waals surface area contributed by atoms with Crippen LogP contribution < -0.4 is 0 Å². The molecule has 0 aromatic heterocycles. The Morgan fingerprint density at radius 3 is 2.24 bits per heavy atom. The van der Waals surface area contributed by atoms with Crippen LogP contribution in [0.25, 0.3) is 0 Å². The first kappa shape index (κ1) is 12.7. The molecule has 1 aliphatic heterocycles. The van der Waals surface area contributed by atoms with Gasteiger partial charge in [-0.1, -0.05) is 6.42 Å². The smallest absolute Gasteiger partial charge is 0.410 e. The van der Waals surface area contributed by atoms with Crippen LogP contribution in [0, 0.1) is 11.8 Å². The minimum atomic E-state index is -0.442. The second-order valence-electron chi connectivity index (χ2n) is 6.33. The summed E-state index contributed by atoms with van der Waals surface area (Å²) in [5, 5.41) is 10.0. The lowest BCUT2D eigenvalue weighted by Gasteiger charge is -2.44. The van der Waals surface area contributed by atoms with E-state index in [1.54, 1.807) is 4.90 Å². The average Bonchev–Trinajstić information content (AvgIpc) is 2.13. The highest BCUT2D eigenvalue weighted by Crippen LogP contribution is 2.35. The third-order valence-corrected chi connectivity index (χ3v) is 3.68. The van der Waals surface area contributed by atoms with Crippen molar-refractivity contribution in [2.24, 2.45) is 11.8 Å². The largest absolute Gasteiger partial charge is 0.444 e. The third kappa shape index (κ3) is 2.92. The number of hydrogen-bond donors (Lipinski definition) is 1. The summed E-state index contributed by atoms with van der Waals surface area (Å²) in [4.78, 5) is 13.7. The minimum Gasteiger partial charge on any atom is -0.444 e. The van der Waals surface area contributed by atoms with Crippen molar-refractivity contribution >= 4 is 6.09 Å². The van der Waals surface area contributed by atoms with Gasteiger partial charge in [0.05, 0.1) is 6.10 Å². The van der Waals surface area contributed by atoms with Gasteiger partial charge < -0.3 is 14.7 Å². The Balaban J connectivity index is 1.97. The number of likely N-dealkylation sites (tertiary alicyclic amines) is 1. The predicted octanol–water partition coefficient (Wildman–Crippen LogP) is 2.01. The van der Waals surface area contributed by atoms with Gasteiger partial charge in [0.1, 0.15) is 5.60 Å². The van der Waals surface area contributed by atoms with Gasteiger partial charge in [0.25, 0.3) is 0 Å². The van der Waals surface area contributed by atoms with E-state index < -0.39 is 5.60 Å². The molecular weight excluding hydrogens is 218 g/mol. The number of rotatable bonds is 0. The average molecular weight is 241 g/mol. The summed E-state index contributed by atoms with van der Waals surface area (Å²) < 4.78 is 5.38. The van der Waals surface area contributed by atoms with E-state index in [1.165, 1.54) is 6.42 Å². The number of fused-ring (bicyclic) bond motifs is 2. The Bertz CT molecular complexity index is 284. The number of nitrogens with zero attached hydrogens (tertiary/aromatic N) is 1.